The SMILES string of the molecule is C#CCN(CCCc1cc(Cl)ccc1OC1CC(Cl)[C@H]1S(=O)(=O)N(Cc1ccc(OC)cc1OC)c1nccs1)CC(=O)O. The molecular weight excluding hydrogens is 649 g/mol. The number of carboxylic acids is 1. The molecule has 2 unspecified atom stereocenters. The number of aryl methyl sites for hydroxylation is 1. The van der Waals surface area contributed by atoms with Gasteiger partial charge in [-0.15, -0.1) is 29.4 Å². The molecular formula is C30H33Cl2N3O7S2. The summed E-state index contributed by atoms with van der Waals surface area (Å²) in [5.41, 5.74) is 1.39. The number of sulfonamides is 1. The second-order valence-corrected chi connectivity index (χ2v) is 14.0. The smallest absolute Gasteiger partial charge is 0.317 e. The lowest BCUT2D eigenvalue weighted by Gasteiger charge is -2.42. The Hall–Kier alpha value is -3.21. The lowest BCUT2D eigenvalue weighted by atomic mass is 9.94. The second kappa shape index (κ2) is 15.2. The van der Waals surface area contributed by atoms with Crippen molar-refractivity contribution in [2.24, 2.45) is 0 Å². The van der Waals surface area contributed by atoms with Gasteiger partial charge in [0.15, 0.2) is 5.13 Å². The summed E-state index contributed by atoms with van der Waals surface area (Å²) in [7, 11) is -1.03. The van der Waals surface area contributed by atoms with E-state index in [1.165, 1.54) is 29.9 Å². The number of anilines is 1. The maximum Gasteiger partial charge on any atom is 0.317 e. The molecule has 0 aliphatic heterocycles. The first-order valence-corrected chi connectivity index (χ1v) is 16.9. The first-order valence-electron chi connectivity index (χ1n) is 13.7. The molecule has 3 atom stereocenters. The van der Waals surface area contributed by atoms with Gasteiger partial charge in [-0.2, -0.15) is 0 Å². The van der Waals surface area contributed by atoms with Gasteiger partial charge in [-0.25, -0.2) is 17.7 Å². The Morgan fingerprint density at radius 2 is 1.98 bits per heavy atom. The van der Waals surface area contributed by atoms with Gasteiger partial charge in [0.1, 0.15) is 28.6 Å². The molecule has 1 aliphatic carbocycles. The zero-order valence-corrected chi connectivity index (χ0v) is 27.3. The minimum Gasteiger partial charge on any atom is -0.497 e. The molecule has 0 amide bonds. The first-order chi connectivity index (χ1) is 21.1. The zero-order chi connectivity index (χ0) is 31.9. The summed E-state index contributed by atoms with van der Waals surface area (Å²) in [6.45, 7) is 0.457. The van der Waals surface area contributed by atoms with Crippen LogP contribution in [0.4, 0.5) is 5.13 Å². The molecule has 3 aromatic rings. The van der Waals surface area contributed by atoms with Crippen LogP contribution < -0.4 is 18.5 Å². The highest BCUT2D eigenvalue weighted by Crippen LogP contribution is 2.41. The Balaban J connectivity index is 1.55. The number of benzene rings is 2. The van der Waals surface area contributed by atoms with Crippen molar-refractivity contribution in [3.05, 3.63) is 64.1 Å². The molecule has 1 heterocycles. The molecule has 44 heavy (non-hydrogen) atoms. The van der Waals surface area contributed by atoms with Crippen molar-refractivity contribution in [1.82, 2.24) is 9.88 Å². The van der Waals surface area contributed by atoms with Gasteiger partial charge in [0.25, 0.3) is 0 Å². The van der Waals surface area contributed by atoms with Crippen molar-refractivity contribution in [2.45, 2.75) is 42.5 Å². The van der Waals surface area contributed by atoms with Crippen molar-refractivity contribution in [3.63, 3.8) is 0 Å². The zero-order valence-electron chi connectivity index (χ0n) is 24.2. The summed E-state index contributed by atoms with van der Waals surface area (Å²) in [6.07, 6.45) is 7.61. The summed E-state index contributed by atoms with van der Waals surface area (Å²) in [4.78, 5) is 17.1. The van der Waals surface area contributed by atoms with Gasteiger partial charge in [0.2, 0.25) is 10.0 Å². The largest absolute Gasteiger partial charge is 0.497 e. The molecule has 0 radical (unpaired) electrons. The Bertz CT molecular complexity index is 1580. The average Bonchev–Trinajstić information content (AvgIpc) is 3.50. The normalized spacial score (nSPS) is 17.9. The highest BCUT2D eigenvalue weighted by Gasteiger charge is 2.53. The molecule has 1 fully saturated rings. The predicted octanol–water partition coefficient (Wildman–Crippen LogP) is 4.93. The van der Waals surface area contributed by atoms with Crippen LogP contribution in [0.3, 0.4) is 0 Å². The maximum absolute atomic E-state index is 14.3. The summed E-state index contributed by atoms with van der Waals surface area (Å²) in [5, 5.41) is 9.91. The number of rotatable bonds is 16. The van der Waals surface area contributed by atoms with Crippen molar-refractivity contribution in [3.8, 4) is 29.6 Å². The van der Waals surface area contributed by atoms with Gasteiger partial charge in [-0.3, -0.25) is 9.69 Å². The predicted molar refractivity (Wildman–Crippen MR) is 172 cm³/mol. The number of hydrogen-bond acceptors (Lipinski definition) is 9. The van der Waals surface area contributed by atoms with Crippen LogP contribution >= 0.6 is 34.5 Å². The number of carboxylic acid groups (broad SMARTS) is 1. The molecule has 236 valence electrons. The van der Waals surface area contributed by atoms with Crippen LogP contribution in [-0.4, -0.2) is 80.0 Å². The quantitative estimate of drug-likeness (QED) is 0.166. The molecule has 1 saturated carbocycles. The highest BCUT2D eigenvalue weighted by atomic mass is 35.5. The third-order valence-corrected chi connectivity index (χ3v) is 11.1. The maximum atomic E-state index is 14.3. The molecule has 10 nitrogen and oxygen atoms in total. The fourth-order valence-electron chi connectivity index (χ4n) is 4.96. The molecule has 1 aromatic heterocycles. The van der Waals surface area contributed by atoms with Gasteiger partial charge in [0, 0.05) is 41.2 Å². The summed E-state index contributed by atoms with van der Waals surface area (Å²) in [6, 6.07) is 10.3. The third kappa shape index (κ3) is 8.08. The Morgan fingerprint density at radius 1 is 1.18 bits per heavy atom. The van der Waals surface area contributed by atoms with E-state index in [4.69, 9.17) is 48.9 Å². The van der Waals surface area contributed by atoms with Crippen molar-refractivity contribution >= 4 is 55.7 Å². The lowest BCUT2D eigenvalue weighted by Crippen LogP contribution is -2.59. The van der Waals surface area contributed by atoms with Crippen LogP contribution in [0, 0.1) is 12.3 Å². The van der Waals surface area contributed by atoms with Gasteiger partial charge in [-0.05, 0) is 48.7 Å². The number of aromatic nitrogens is 1. The number of thiazole rings is 1. The number of ether oxygens (including phenoxy) is 3. The van der Waals surface area contributed by atoms with Gasteiger partial charge in [0.05, 0.1) is 39.2 Å². The molecule has 4 rings (SSSR count). The number of halogens is 2. The number of terminal acetylenes is 1. The standard InChI is InChI=1S/C30H33Cl2N3O7S2/c1-4-12-34(19-28(36)37)13-5-6-20-15-22(31)8-10-25(20)42-27-17-24(32)29(27)44(38,39)35(30-33-11-14-43-30)18-21-7-9-23(40-2)16-26(21)41-3/h1,7-11,14-16,24,27,29H,5-6,12-13,17-19H2,2-3H3,(H,36,37)/t24?,27?,29-/m1/s1. The fraction of sp³-hybridized carbons (Fsp3) is 0.400. The van der Waals surface area contributed by atoms with E-state index < -0.39 is 32.7 Å². The van der Waals surface area contributed by atoms with E-state index in [1.54, 1.807) is 52.9 Å². The Kier molecular flexibility index (Phi) is 11.6. The molecule has 1 aliphatic rings. The fourth-order valence-corrected chi connectivity index (χ4v) is 8.78. The molecule has 0 bridgehead atoms. The van der Waals surface area contributed by atoms with E-state index in [1.807, 2.05) is 0 Å². The van der Waals surface area contributed by atoms with E-state index in [0.717, 1.165) is 5.56 Å². The van der Waals surface area contributed by atoms with Gasteiger partial charge < -0.3 is 19.3 Å². The monoisotopic (exact) mass is 681 g/mol. The van der Waals surface area contributed by atoms with E-state index in [9.17, 15) is 13.2 Å². The van der Waals surface area contributed by atoms with Crippen LogP contribution in [-0.2, 0) is 27.8 Å². The summed E-state index contributed by atoms with van der Waals surface area (Å²) >= 11 is 14.1. The molecule has 0 spiro atoms. The van der Waals surface area contributed by atoms with Gasteiger partial charge in [-0.1, -0.05) is 17.5 Å². The number of aliphatic carboxylic acids is 1. The summed E-state index contributed by atoms with van der Waals surface area (Å²) in [5.74, 6) is 3.06. The first kappa shape index (κ1) is 33.7. The number of nitrogens with zero attached hydrogens (tertiary/aromatic N) is 3. The van der Waals surface area contributed by atoms with Crippen LogP contribution in [0.15, 0.2) is 48.0 Å². The number of carbonyl (C=O) groups is 1. The van der Waals surface area contributed by atoms with Crippen LogP contribution in [0.5, 0.6) is 17.2 Å². The highest BCUT2D eigenvalue weighted by molar-refractivity contribution is 7.93. The van der Waals surface area contributed by atoms with E-state index in [2.05, 4.69) is 10.9 Å². The number of hydrogen-bond donors (Lipinski definition) is 1. The average molecular weight is 683 g/mol. The molecule has 0 saturated heterocycles. The third-order valence-electron chi connectivity index (χ3n) is 7.17. The molecule has 14 heteroatoms. The molecule has 2 aromatic carbocycles. The van der Waals surface area contributed by atoms with Crippen molar-refractivity contribution < 1.29 is 32.5 Å². The minimum absolute atomic E-state index is 0.0352. The Labute approximate surface area is 271 Å². The Morgan fingerprint density at radius 3 is 2.61 bits per heavy atom. The summed E-state index contributed by atoms with van der Waals surface area (Å²) < 4.78 is 46.9. The van der Waals surface area contributed by atoms with E-state index in [0.29, 0.717) is 58.8 Å². The lowest BCUT2D eigenvalue weighted by molar-refractivity contribution is -0.138. The van der Waals surface area contributed by atoms with Crippen molar-refractivity contribution in [2.75, 3.05) is 38.2 Å². The number of alkyl halides is 1. The topological polar surface area (TPSA) is 119 Å². The number of methoxy groups -OCH3 is 2. The van der Waals surface area contributed by atoms with Crippen LogP contribution in [0.1, 0.15) is 24.0 Å². The molecule has 1 N–H and O–H groups in total. The van der Waals surface area contributed by atoms with E-state index in [-0.39, 0.29) is 19.6 Å². The van der Waals surface area contributed by atoms with E-state index >= 15 is 0 Å². The van der Waals surface area contributed by atoms with Gasteiger partial charge >= 0.3 is 5.97 Å². The minimum atomic E-state index is -4.08. The second-order valence-electron chi connectivity index (χ2n) is 10.1. The van der Waals surface area contributed by atoms with Crippen molar-refractivity contribution in [1.29, 1.82) is 0 Å². The van der Waals surface area contributed by atoms with Crippen LogP contribution in [0.2, 0.25) is 5.02 Å². The van der Waals surface area contributed by atoms with Crippen LogP contribution in [0.25, 0.3) is 0 Å².